The lowest BCUT2D eigenvalue weighted by Crippen LogP contribution is -2.52. The number of halogens is 1. The first-order chi connectivity index (χ1) is 10.1. The predicted octanol–water partition coefficient (Wildman–Crippen LogP) is 1.60. The number of piperazine rings is 1. The summed E-state index contributed by atoms with van der Waals surface area (Å²) in [5.41, 5.74) is 7.04. The zero-order valence-corrected chi connectivity index (χ0v) is 12.2. The summed E-state index contributed by atoms with van der Waals surface area (Å²) in [4.78, 5) is 16.6. The SMILES string of the molecule is NC1CCCC1C(=O)N1CCN(c2ccc(F)cc2)CC1. The lowest BCUT2D eigenvalue weighted by Gasteiger charge is -2.37. The monoisotopic (exact) mass is 291 g/mol. The van der Waals surface area contributed by atoms with Crippen molar-refractivity contribution in [3.05, 3.63) is 30.1 Å². The fourth-order valence-corrected chi connectivity index (χ4v) is 3.37. The third-order valence-corrected chi connectivity index (χ3v) is 4.67. The largest absolute Gasteiger partial charge is 0.368 e. The van der Waals surface area contributed by atoms with E-state index in [4.69, 9.17) is 5.73 Å². The van der Waals surface area contributed by atoms with Crippen LogP contribution >= 0.6 is 0 Å². The van der Waals surface area contributed by atoms with Crippen molar-refractivity contribution in [3.8, 4) is 0 Å². The van der Waals surface area contributed by atoms with Crippen molar-refractivity contribution in [1.82, 2.24) is 4.90 Å². The van der Waals surface area contributed by atoms with Gasteiger partial charge in [0, 0.05) is 37.9 Å². The number of carbonyl (C=O) groups excluding carboxylic acids is 1. The van der Waals surface area contributed by atoms with E-state index >= 15 is 0 Å². The van der Waals surface area contributed by atoms with E-state index in [1.54, 1.807) is 12.1 Å². The second-order valence-corrected chi connectivity index (χ2v) is 5.99. The molecule has 1 saturated heterocycles. The maximum absolute atomic E-state index is 12.9. The number of rotatable bonds is 2. The van der Waals surface area contributed by atoms with Gasteiger partial charge in [-0.1, -0.05) is 6.42 Å². The molecule has 2 aliphatic rings. The average molecular weight is 291 g/mol. The highest BCUT2D eigenvalue weighted by molar-refractivity contribution is 5.80. The van der Waals surface area contributed by atoms with E-state index in [0.717, 1.165) is 51.1 Å². The molecular formula is C16H22FN3O. The minimum absolute atomic E-state index is 0.0161. The highest BCUT2D eigenvalue weighted by atomic mass is 19.1. The molecule has 2 fully saturated rings. The molecule has 2 atom stereocenters. The summed E-state index contributed by atoms with van der Waals surface area (Å²) in [5, 5.41) is 0. The Kier molecular flexibility index (Phi) is 4.10. The summed E-state index contributed by atoms with van der Waals surface area (Å²) in [6.07, 6.45) is 2.96. The Morgan fingerprint density at radius 1 is 1.10 bits per heavy atom. The van der Waals surface area contributed by atoms with Gasteiger partial charge in [-0.15, -0.1) is 0 Å². The number of benzene rings is 1. The summed E-state index contributed by atoms with van der Waals surface area (Å²) < 4.78 is 12.9. The van der Waals surface area contributed by atoms with Crippen LogP contribution in [0.5, 0.6) is 0 Å². The van der Waals surface area contributed by atoms with Gasteiger partial charge in [-0.25, -0.2) is 4.39 Å². The van der Waals surface area contributed by atoms with Crippen molar-refractivity contribution in [2.75, 3.05) is 31.1 Å². The van der Waals surface area contributed by atoms with E-state index < -0.39 is 0 Å². The van der Waals surface area contributed by atoms with Crippen molar-refractivity contribution < 1.29 is 9.18 Å². The van der Waals surface area contributed by atoms with Crippen LogP contribution in [0.1, 0.15) is 19.3 Å². The van der Waals surface area contributed by atoms with Crippen LogP contribution in [-0.4, -0.2) is 43.0 Å². The Bertz CT molecular complexity index is 497. The van der Waals surface area contributed by atoms with Gasteiger partial charge in [0.2, 0.25) is 5.91 Å². The maximum Gasteiger partial charge on any atom is 0.227 e. The third-order valence-electron chi connectivity index (χ3n) is 4.67. The predicted molar refractivity (Wildman–Crippen MR) is 80.5 cm³/mol. The van der Waals surface area contributed by atoms with E-state index in [0.29, 0.717) is 0 Å². The summed E-state index contributed by atoms with van der Waals surface area (Å²) in [6, 6.07) is 6.57. The molecule has 4 nitrogen and oxygen atoms in total. The van der Waals surface area contributed by atoms with Crippen molar-refractivity contribution in [1.29, 1.82) is 0 Å². The first-order valence-electron chi connectivity index (χ1n) is 7.70. The maximum atomic E-state index is 12.9. The standard InChI is InChI=1S/C16H22FN3O/c17-12-4-6-13(7-5-12)19-8-10-20(11-9-19)16(21)14-2-1-3-15(14)18/h4-7,14-15H,1-3,8-11,18H2. The van der Waals surface area contributed by atoms with Gasteiger partial charge < -0.3 is 15.5 Å². The van der Waals surface area contributed by atoms with Gasteiger partial charge in [-0.2, -0.15) is 0 Å². The van der Waals surface area contributed by atoms with Gasteiger partial charge in [0.25, 0.3) is 0 Å². The molecule has 1 aliphatic heterocycles. The van der Waals surface area contributed by atoms with Crippen LogP contribution in [0.25, 0.3) is 0 Å². The number of nitrogens with two attached hydrogens (primary N) is 1. The first-order valence-corrected chi connectivity index (χ1v) is 7.70. The van der Waals surface area contributed by atoms with Crippen LogP contribution in [0.15, 0.2) is 24.3 Å². The molecule has 5 heteroatoms. The topological polar surface area (TPSA) is 49.6 Å². The molecule has 1 aromatic rings. The quantitative estimate of drug-likeness (QED) is 0.900. The number of nitrogens with zero attached hydrogens (tertiary/aromatic N) is 2. The number of hydrogen-bond acceptors (Lipinski definition) is 3. The van der Waals surface area contributed by atoms with Crippen molar-refractivity contribution >= 4 is 11.6 Å². The molecule has 2 N–H and O–H groups in total. The van der Waals surface area contributed by atoms with E-state index in [2.05, 4.69) is 4.90 Å². The van der Waals surface area contributed by atoms with Crippen LogP contribution in [0, 0.1) is 11.7 Å². The van der Waals surface area contributed by atoms with Gasteiger partial charge in [0.1, 0.15) is 5.82 Å². The van der Waals surface area contributed by atoms with Crippen LogP contribution in [0.4, 0.5) is 10.1 Å². The smallest absolute Gasteiger partial charge is 0.227 e. The van der Waals surface area contributed by atoms with Gasteiger partial charge in [-0.3, -0.25) is 4.79 Å². The van der Waals surface area contributed by atoms with E-state index in [1.165, 1.54) is 12.1 Å². The summed E-state index contributed by atoms with van der Waals surface area (Å²) in [6.45, 7) is 3.03. The lowest BCUT2D eigenvalue weighted by molar-refractivity contribution is -0.136. The van der Waals surface area contributed by atoms with Crippen LogP contribution in [0.3, 0.4) is 0 Å². The Morgan fingerprint density at radius 2 is 1.76 bits per heavy atom. The fraction of sp³-hybridized carbons (Fsp3) is 0.562. The van der Waals surface area contributed by atoms with Gasteiger partial charge in [0.15, 0.2) is 0 Å². The van der Waals surface area contributed by atoms with E-state index in [9.17, 15) is 9.18 Å². The van der Waals surface area contributed by atoms with Crippen molar-refractivity contribution in [2.24, 2.45) is 11.7 Å². The van der Waals surface area contributed by atoms with E-state index in [1.807, 2.05) is 4.90 Å². The van der Waals surface area contributed by atoms with Crippen LogP contribution in [-0.2, 0) is 4.79 Å². The molecule has 0 aromatic heterocycles. The van der Waals surface area contributed by atoms with Crippen molar-refractivity contribution in [3.63, 3.8) is 0 Å². The number of carbonyl (C=O) groups is 1. The normalized spacial score (nSPS) is 26.2. The zero-order chi connectivity index (χ0) is 14.8. The summed E-state index contributed by atoms with van der Waals surface area (Å²) >= 11 is 0. The second-order valence-electron chi connectivity index (χ2n) is 5.99. The third kappa shape index (κ3) is 3.02. The Morgan fingerprint density at radius 3 is 2.33 bits per heavy atom. The molecule has 3 rings (SSSR count). The molecule has 21 heavy (non-hydrogen) atoms. The van der Waals surface area contributed by atoms with Gasteiger partial charge in [-0.05, 0) is 37.1 Å². The molecule has 1 saturated carbocycles. The molecule has 0 spiro atoms. The van der Waals surface area contributed by atoms with E-state index in [-0.39, 0.29) is 23.7 Å². The molecule has 114 valence electrons. The molecule has 1 heterocycles. The highest BCUT2D eigenvalue weighted by Gasteiger charge is 2.34. The van der Waals surface area contributed by atoms with Crippen LogP contribution in [0.2, 0.25) is 0 Å². The minimum atomic E-state index is -0.220. The lowest BCUT2D eigenvalue weighted by atomic mass is 10.0. The molecule has 0 bridgehead atoms. The number of hydrogen-bond donors (Lipinski definition) is 1. The van der Waals surface area contributed by atoms with Crippen LogP contribution < -0.4 is 10.6 Å². The Hall–Kier alpha value is -1.62. The summed E-state index contributed by atoms with van der Waals surface area (Å²) in [7, 11) is 0. The summed E-state index contributed by atoms with van der Waals surface area (Å²) in [5.74, 6) is 0.0175. The molecule has 2 unspecified atom stereocenters. The number of anilines is 1. The molecule has 1 aliphatic carbocycles. The minimum Gasteiger partial charge on any atom is -0.368 e. The highest BCUT2D eigenvalue weighted by Crippen LogP contribution is 2.26. The molecular weight excluding hydrogens is 269 g/mol. The first kappa shape index (κ1) is 14.3. The van der Waals surface area contributed by atoms with Gasteiger partial charge >= 0.3 is 0 Å². The zero-order valence-electron chi connectivity index (χ0n) is 12.2. The Labute approximate surface area is 124 Å². The number of amides is 1. The molecule has 1 amide bonds. The second kappa shape index (κ2) is 6.02. The molecule has 1 aromatic carbocycles. The Balaban J connectivity index is 1.57. The van der Waals surface area contributed by atoms with Crippen molar-refractivity contribution in [2.45, 2.75) is 25.3 Å². The molecule has 0 radical (unpaired) electrons. The average Bonchev–Trinajstić information content (AvgIpc) is 2.94. The fourth-order valence-electron chi connectivity index (χ4n) is 3.37. The van der Waals surface area contributed by atoms with Gasteiger partial charge in [0.05, 0.1) is 5.92 Å².